The van der Waals surface area contributed by atoms with Crippen molar-refractivity contribution in [3.63, 3.8) is 0 Å². The minimum atomic E-state index is -0.897. The summed E-state index contributed by atoms with van der Waals surface area (Å²) < 4.78 is 28.2. The molecule has 0 unspecified atom stereocenters. The highest BCUT2D eigenvalue weighted by Gasteiger charge is 2.28. The second-order valence-electron chi connectivity index (χ2n) is 14.8. The van der Waals surface area contributed by atoms with Crippen molar-refractivity contribution < 1.29 is 42.9 Å². The normalized spacial score (nSPS) is 12.2. The molecule has 0 bridgehead atoms. The highest BCUT2D eigenvalue weighted by atomic mass is 32.1. The van der Waals surface area contributed by atoms with Gasteiger partial charge in [0.25, 0.3) is 11.1 Å². The number of aromatic nitrogens is 6. The molecule has 1 aliphatic rings. The minimum Gasteiger partial charge on any atom is -0.462 e. The average molecular weight is 935 g/mol. The van der Waals surface area contributed by atoms with Crippen LogP contribution in [-0.4, -0.2) is 79.7 Å². The van der Waals surface area contributed by atoms with Gasteiger partial charge in [-0.05, 0) is 81.7 Å². The van der Waals surface area contributed by atoms with Crippen LogP contribution >= 0.6 is 11.3 Å². The predicted octanol–water partition coefficient (Wildman–Crippen LogP) is 7.83. The van der Waals surface area contributed by atoms with Gasteiger partial charge in [0.1, 0.15) is 53.2 Å². The van der Waals surface area contributed by atoms with Gasteiger partial charge in [-0.15, -0.1) is 0 Å². The van der Waals surface area contributed by atoms with E-state index in [4.69, 9.17) is 23.7 Å². The molecule has 1 saturated carbocycles. The maximum atomic E-state index is 13.3. The summed E-state index contributed by atoms with van der Waals surface area (Å²) in [6.07, 6.45) is 9.94. The third-order valence-corrected chi connectivity index (χ3v) is 10.9. The lowest BCUT2D eigenvalue weighted by molar-refractivity contribution is -0.142. The first-order valence-electron chi connectivity index (χ1n) is 21.5. The molecule has 1 fully saturated rings. The molecule has 7 rings (SSSR count). The number of carbonyl (C=O) groups excluding carboxylic acids is 4. The van der Waals surface area contributed by atoms with E-state index >= 15 is 0 Å². The Morgan fingerprint density at radius 2 is 1.36 bits per heavy atom. The number of pyridine rings is 2. The molecule has 6 aromatic rings. The van der Waals surface area contributed by atoms with Crippen LogP contribution in [0, 0.1) is 6.92 Å². The molecular weight excluding hydrogens is 885 g/mol. The zero-order valence-electron chi connectivity index (χ0n) is 37.4. The molecule has 1 aliphatic carbocycles. The number of esters is 3. The Labute approximate surface area is 389 Å². The fourth-order valence-corrected chi connectivity index (χ4v) is 7.50. The van der Waals surface area contributed by atoms with E-state index in [9.17, 15) is 28.8 Å². The van der Waals surface area contributed by atoms with Gasteiger partial charge < -0.3 is 34.3 Å². The largest absolute Gasteiger partial charge is 0.511 e. The molecule has 0 amide bonds. The van der Waals surface area contributed by atoms with Gasteiger partial charge in [-0.3, -0.25) is 24.4 Å². The van der Waals surface area contributed by atoms with Gasteiger partial charge in [0.15, 0.2) is 0 Å². The molecule has 0 radical (unpaired) electrons. The summed E-state index contributed by atoms with van der Waals surface area (Å²) >= 11 is 1.44. The topological polar surface area (TPSA) is 234 Å². The van der Waals surface area contributed by atoms with Crippen LogP contribution in [-0.2, 0) is 41.6 Å². The van der Waals surface area contributed by atoms with Crippen molar-refractivity contribution in [1.82, 2.24) is 29.5 Å². The number of rotatable bonds is 16. The van der Waals surface area contributed by atoms with E-state index in [-0.39, 0.29) is 54.1 Å². The molecule has 1 aromatic carbocycles. The maximum Gasteiger partial charge on any atom is 0.511 e. The fraction of sp³-hybridized carbons (Fsp3) is 0.319. The average Bonchev–Trinajstić information content (AvgIpc) is 3.88. The number of anilines is 4. The second kappa shape index (κ2) is 24.0. The number of benzene rings is 1. The Hall–Kier alpha value is -7.74. The van der Waals surface area contributed by atoms with E-state index < -0.39 is 42.0 Å². The summed E-state index contributed by atoms with van der Waals surface area (Å²) in [5.41, 5.74) is 2.79. The smallest absolute Gasteiger partial charge is 0.462 e. The standard InChI is InChI=1S/C26H28N4O6.C21H22N4O5S/c1-2-30-24(31)23(28-19-12-9-15-27-16-19)21(22(29-30)18-10-5-3-6-11-18)25(32)34-17-35-26(33)36-20-13-7-4-8-14-20;1-4-25-20(27)19(23-16-11-22-7-5-13(16)2)17(18(24-25)15-6-10-31-12-15)21(28)30-9-8-29-14(3)26/h3,5-6,9-12,15-16,20,28H,2,4,7-8,13-14,17H2,1H3;5-7,10-12,23H,4,8-9H2,1-3H3. The first-order valence-corrected chi connectivity index (χ1v) is 22.5. The number of nitrogens with zero attached hydrogens (tertiary/aromatic N) is 6. The van der Waals surface area contributed by atoms with E-state index in [0.29, 0.717) is 34.7 Å². The minimum absolute atomic E-state index is 0.0131. The molecule has 0 atom stereocenters. The van der Waals surface area contributed by atoms with Gasteiger partial charge in [-0.1, -0.05) is 36.8 Å². The molecule has 0 aliphatic heterocycles. The number of thiophene rings is 1. The third-order valence-electron chi connectivity index (χ3n) is 10.2. The molecule has 67 heavy (non-hydrogen) atoms. The van der Waals surface area contributed by atoms with Crippen molar-refractivity contribution in [2.24, 2.45) is 0 Å². The van der Waals surface area contributed by atoms with Crippen LogP contribution in [0.2, 0.25) is 0 Å². The Morgan fingerprint density at radius 3 is 1.97 bits per heavy atom. The van der Waals surface area contributed by atoms with Crippen molar-refractivity contribution in [3.8, 4) is 22.5 Å². The van der Waals surface area contributed by atoms with Crippen molar-refractivity contribution >= 4 is 58.1 Å². The van der Waals surface area contributed by atoms with Gasteiger partial charge in [0.05, 0.1) is 23.8 Å². The van der Waals surface area contributed by atoms with Crippen LogP contribution in [0.1, 0.15) is 79.2 Å². The van der Waals surface area contributed by atoms with Crippen LogP contribution in [0.3, 0.4) is 0 Å². The van der Waals surface area contributed by atoms with Crippen molar-refractivity contribution in [1.29, 1.82) is 0 Å². The Morgan fingerprint density at radius 1 is 0.716 bits per heavy atom. The number of nitrogens with one attached hydrogen (secondary N) is 2. The first kappa shape index (κ1) is 48.7. The number of hydrogen-bond donors (Lipinski definition) is 2. The molecule has 0 saturated heterocycles. The fourth-order valence-electron chi connectivity index (χ4n) is 6.86. The van der Waals surface area contributed by atoms with E-state index in [2.05, 4.69) is 30.8 Å². The summed E-state index contributed by atoms with van der Waals surface area (Å²) in [6.45, 7) is 6.40. The van der Waals surface area contributed by atoms with E-state index in [1.165, 1.54) is 33.8 Å². The summed E-state index contributed by atoms with van der Waals surface area (Å²) in [4.78, 5) is 83.8. The van der Waals surface area contributed by atoms with Crippen LogP contribution in [0.25, 0.3) is 22.5 Å². The van der Waals surface area contributed by atoms with E-state index in [0.717, 1.165) is 37.7 Å². The van der Waals surface area contributed by atoms with Crippen LogP contribution in [0.5, 0.6) is 0 Å². The van der Waals surface area contributed by atoms with E-state index in [1.807, 2.05) is 29.8 Å². The lowest BCUT2D eigenvalue weighted by Crippen LogP contribution is -2.29. The van der Waals surface area contributed by atoms with Gasteiger partial charge in [-0.2, -0.15) is 21.5 Å². The second-order valence-corrected chi connectivity index (χ2v) is 15.6. The molecule has 5 heterocycles. The van der Waals surface area contributed by atoms with Gasteiger partial charge in [0, 0.05) is 48.9 Å². The lowest BCUT2D eigenvalue weighted by Gasteiger charge is -2.21. The highest BCUT2D eigenvalue weighted by molar-refractivity contribution is 7.08. The van der Waals surface area contributed by atoms with E-state index in [1.54, 1.807) is 74.9 Å². The van der Waals surface area contributed by atoms with Gasteiger partial charge in [-0.25, -0.2) is 23.7 Å². The zero-order valence-corrected chi connectivity index (χ0v) is 38.2. The van der Waals surface area contributed by atoms with Crippen molar-refractivity contribution in [3.05, 3.63) is 128 Å². The quantitative estimate of drug-likeness (QED) is 0.0407. The highest BCUT2D eigenvalue weighted by Crippen LogP contribution is 2.31. The van der Waals surface area contributed by atoms with Crippen LogP contribution < -0.4 is 21.8 Å². The van der Waals surface area contributed by atoms with Crippen LogP contribution in [0.4, 0.5) is 27.5 Å². The Kier molecular flexibility index (Phi) is 17.4. The molecule has 20 heteroatoms. The Bertz CT molecular complexity index is 2760. The van der Waals surface area contributed by atoms with Gasteiger partial charge >= 0.3 is 24.1 Å². The van der Waals surface area contributed by atoms with Crippen LogP contribution in [0.15, 0.2) is 99.7 Å². The van der Waals surface area contributed by atoms with Crippen molar-refractivity contribution in [2.75, 3.05) is 30.6 Å². The predicted molar refractivity (Wildman–Crippen MR) is 249 cm³/mol. The summed E-state index contributed by atoms with van der Waals surface area (Å²) in [6, 6.07) is 16.0. The summed E-state index contributed by atoms with van der Waals surface area (Å²) in [7, 11) is 0. The SMILES string of the molecule is CCn1nc(-c2ccccc2)c(C(=O)OCOC(=O)OC2CCCCC2)c(Nc2cccnc2)c1=O.CCn1nc(-c2ccsc2)c(C(=O)OCCOC(C)=O)c(Nc2cnccc2C)c1=O. The molecular formula is C47H50N8O11S. The van der Waals surface area contributed by atoms with Gasteiger partial charge in [0.2, 0.25) is 6.79 Å². The number of hydrogen-bond acceptors (Lipinski definition) is 18. The zero-order chi connectivity index (χ0) is 47.7. The third kappa shape index (κ3) is 13.0. The number of aryl methyl sites for hydroxylation is 3. The summed E-state index contributed by atoms with van der Waals surface area (Å²) in [5.74, 6) is -2.10. The number of carbonyl (C=O) groups is 4. The monoisotopic (exact) mass is 934 g/mol. The maximum absolute atomic E-state index is 13.3. The molecule has 2 N–H and O–H groups in total. The summed E-state index contributed by atoms with van der Waals surface area (Å²) in [5, 5.41) is 18.6. The number of ether oxygens (including phenoxy) is 5. The lowest BCUT2D eigenvalue weighted by atomic mass is 9.98. The van der Waals surface area contributed by atoms with Crippen molar-refractivity contribution in [2.45, 2.75) is 79.0 Å². The Balaban J connectivity index is 0.000000224. The molecule has 0 spiro atoms. The molecule has 19 nitrogen and oxygen atoms in total. The molecule has 5 aromatic heterocycles. The first-order chi connectivity index (χ1) is 32.5. The molecule has 350 valence electrons.